The van der Waals surface area contributed by atoms with Crippen molar-refractivity contribution in [3.63, 3.8) is 0 Å². The lowest BCUT2D eigenvalue weighted by Crippen LogP contribution is -2.30. The molecule has 4 bridgehead atoms. The lowest BCUT2D eigenvalue weighted by atomic mass is 10.1. The first-order valence-corrected chi connectivity index (χ1v) is 13.8. The maximum Gasteiger partial charge on any atom is 0.416 e. The van der Waals surface area contributed by atoms with E-state index in [2.05, 4.69) is 36.0 Å². The van der Waals surface area contributed by atoms with Crippen LogP contribution in [0.4, 0.5) is 41.1 Å². The van der Waals surface area contributed by atoms with Crippen molar-refractivity contribution in [1.82, 2.24) is 24.9 Å². The predicted molar refractivity (Wildman–Crippen MR) is 145 cm³/mol. The number of rotatable bonds is 5. The zero-order valence-electron chi connectivity index (χ0n) is 21.8. The summed E-state index contributed by atoms with van der Waals surface area (Å²) in [6.45, 7) is 0.850. The summed E-state index contributed by atoms with van der Waals surface area (Å²) in [6.07, 6.45) is -2.61. The summed E-state index contributed by atoms with van der Waals surface area (Å²) in [5.41, 5.74) is 0.678. The molecule has 0 saturated carbocycles. The second-order valence-electron chi connectivity index (χ2n) is 9.31. The number of nitrogens with zero attached hydrogens (tertiary/aromatic N) is 3. The Labute approximate surface area is 229 Å². The average molecular weight is 579 g/mol. The Kier molecular flexibility index (Phi) is 8.76. The molecule has 0 spiro atoms. The minimum absolute atomic E-state index is 0.0292. The lowest BCUT2D eigenvalue weighted by Gasteiger charge is -2.18. The second kappa shape index (κ2) is 12.1. The quantitative estimate of drug-likeness (QED) is 0.309. The standard InChI is InChI=1S/C25H29F3N8O3S/c1-36(2)15-16-7-8-18(25(26,27)28)11-21(16)34-24(37)31-14-17-13-30-23-33-19-5-3-6-20(12-19)40(38,39)32-10-4-9-29-22(17)35-23/h3,5-8,11-13,32H,4,9-10,14-15H2,1-2H3,(H2,31,34,37)(H2,29,30,33,35). The summed E-state index contributed by atoms with van der Waals surface area (Å²) in [7, 11) is -0.149. The Morgan fingerprint density at radius 3 is 2.65 bits per heavy atom. The predicted octanol–water partition coefficient (Wildman–Crippen LogP) is 3.72. The van der Waals surface area contributed by atoms with Gasteiger partial charge in [-0.05, 0) is 56.4 Å². The van der Waals surface area contributed by atoms with Gasteiger partial charge in [0.2, 0.25) is 16.0 Å². The largest absolute Gasteiger partial charge is 0.416 e. The van der Waals surface area contributed by atoms with E-state index in [4.69, 9.17) is 0 Å². The molecule has 214 valence electrons. The normalized spacial score (nSPS) is 15.1. The van der Waals surface area contributed by atoms with E-state index in [1.807, 2.05) is 0 Å². The summed E-state index contributed by atoms with van der Waals surface area (Å²) in [4.78, 5) is 23.3. The highest BCUT2D eigenvalue weighted by Gasteiger charge is 2.31. The molecule has 3 aromatic rings. The molecular formula is C25H29F3N8O3S. The number of aromatic nitrogens is 2. The minimum Gasteiger partial charge on any atom is -0.370 e. The highest BCUT2D eigenvalue weighted by molar-refractivity contribution is 7.89. The number of sulfonamides is 1. The monoisotopic (exact) mass is 578 g/mol. The van der Waals surface area contributed by atoms with Crippen molar-refractivity contribution in [2.75, 3.05) is 43.1 Å². The van der Waals surface area contributed by atoms with Crippen LogP contribution in [0, 0.1) is 0 Å². The number of carbonyl (C=O) groups excluding carboxylic acids is 1. The molecule has 11 nitrogen and oxygen atoms in total. The molecule has 0 unspecified atom stereocenters. The van der Waals surface area contributed by atoms with E-state index in [1.165, 1.54) is 24.4 Å². The number of benzene rings is 2. The summed E-state index contributed by atoms with van der Waals surface area (Å²) >= 11 is 0. The van der Waals surface area contributed by atoms with Gasteiger partial charge in [0, 0.05) is 49.3 Å². The van der Waals surface area contributed by atoms with Crippen molar-refractivity contribution >= 4 is 39.2 Å². The topological polar surface area (TPSA) is 140 Å². The van der Waals surface area contributed by atoms with Gasteiger partial charge in [-0.3, -0.25) is 0 Å². The molecule has 0 atom stereocenters. The van der Waals surface area contributed by atoms with Crippen LogP contribution in [-0.4, -0.2) is 56.5 Å². The summed E-state index contributed by atoms with van der Waals surface area (Å²) in [5.74, 6) is 0.609. The molecule has 1 aliphatic heterocycles. The van der Waals surface area contributed by atoms with Crippen LogP contribution in [0.5, 0.6) is 0 Å². The molecule has 2 amide bonds. The van der Waals surface area contributed by atoms with E-state index in [-0.39, 0.29) is 29.6 Å². The van der Waals surface area contributed by atoms with Crippen LogP contribution in [0.25, 0.3) is 0 Å². The van der Waals surface area contributed by atoms with Gasteiger partial charge < -0.3 is 26.2 Å². The Hall–Kier alpha value is -3.95. The highest BCUT2D eigenvalue weighted by Crippen LogP contribution is 2.32. The Morgan fingerprint density at radius 1 is 1.10 bits per heavy atom. The maximum absolute atomic E-state index is 13.3. The van der Waals surface area contributed by atoms with Crippen LogP contribution < -0.4 is 26.0 Å². The Bertz CT molecular complexity index is 1480. The third-order valence-electron chi connectivity index (χ3n) is 5.81. The van der Waals surface area contributed by atoms with Gasteiger partial charge in [-0.15, -0.1) is 0 Å². The number of alkyl halides is 3. The van der Waals surface area contributed by atoms with Crippen molar-refractivity contribution < 1.29 is 26.4 Å². The second-order valence-corrected chi connectivity index (χ2v) is 11.1. The number of fused-ring (bicyclic) bond motifs is 4. The number of carbonyl (C=O) groups is 1. The van der Waals surface area contributed by atoms with E-state index >= 15 is 0 Å². The van der Waals surface area contributed by atoms with E-state index in [9.17, 15) is 26.4 Å². The zero-order chi connectivity index (χ0) is 28.9. The fourth-order valence-corrected chi connectivity index (χ4v) is 5.01. The first kappa shape index (κ1) is 29.0. The zero-order valence-corrected chi connectivity index (χ0v) is 22.6. The first-order valence-electron chi connectivity index (χ1n) is 12.3. The van der Waals surface area contributed by atoms with E-state index in [0.717, 1.165) is 12.1 Å². The first-order chi connectivity index (χ1) is 18.9. The van der Waals surface area contributed by atoms with Crippen molar-refractivity contribution in [3.05, 3.63) is 65.4 Å². The van der Waals surface area contributed by atoms with Gasteiger partial charge in [-0.1, -0.05) is 12.1 Å². The van der Waals surface area contributed by atoms with Crippen molar-refractivity contribution in [1.29, 1.82) is 0 Å². The molecule has 2 aromatic carbocycles. The molecule has 1 aromatic heterocycles. The van der Waals surface area contributed by atoms with Crippen LogP contribution in [0.15, 0.2) is 53.6 Å². The summed E-state index contributed by atoms with van der Waals surface area (Å²) in [5, 5.41) is 11.3. The van der Waals surface area contributed by atoms with E-state index < -0.39 is 27.8 Å². The highest BCUT2D eigenvalue weighted by atomic mass is 32.2. The van der Waals surface area contributed by atoms with Crippen molar-refractivity contribution in [2.24, 2.45) is 0 Å². The summed E-state index contributed by atoms with van der Waals surface area (Å²) < 4.78 is 67.5. The van der Waals surface area contributed by atoms with Crippen LogP contribution in [-0.2, 0) is 29.3 Å². The van der Waals surface area contributed by atoms with Gasteiger partial charge in [-0.25, -0.2) is 22.9 Å². The number of urea groups is 1. The number of amides is 2. The molecule has 0 radical (unpaired) electrons. The number of nitrogens with one attached hydrogen (secondary N) is 5. The molecule has 1 aliphatic rings. The van der Waals surface area contributed by atoms with Gasteiger partial charge in [0.1, 0.15) is 5.82 Å². The maximum atomic E-state index is 13.3. The van der Waals surface area contributed by atoms with Crippen LogP contribution in [0.3, 0.4) is 0 Å². The van der Waals surface area contributed by atoms with Crippen LogP contribution in [0.2, 0.25) is 0 Å². The number of halogens is 3. The van der Waals surface area contributed by atoms with Crippen LogP contribution in [0.1, 0.15) is 23.1 Å². The molecule has 0 saturated heterocycles. The third-order valence-corrected chi connectivity index (χ3v) is 7.27. The fraction of sp³-hybridized carbons (Fsp3) is 0.320. The molecule has 2 heterocycles. The molecule has 4 rings (SSSR count). The van der Waals surface area contributed by atoms with E-state index in [0.29, 0.717) is 42.1 Å². The van der Waals surface area contributed by atoms with Gasteiger partial charge in [0.15, 0.2) is 0 Å². The number of hydrogen-bond donors (Lipinski definition) is 5. The molecule has 15 heteroatoms. The van der Waals surface area contributed by atoms with Gasteiger partial charge in [0.05, 0.1) is 10.5 Å². The van der Waals surface area contributed by atoms with Gasteiger partial charge >= 0.3 is 12.2 Å². The average Bonchev–Trinajstić information content (AvgIpc) is 2.88. The molecule has 40 heavy (non-hydrogen) atoms. The van der Waals surface area contributed by atoms with E-state index in [1.54, 1.807) is 31.1 Å². The van der Waals surface area contributed by atoms with Crippen molar-refractivity contribution in [2.45, 2.75) is 30.6 Å². The molecule has 0 aliphatic carbocycles. The number of hydrogen-bond acceptors (Lipinski definition) is 8. The Morgan fingerprint density at radius 2 is 1.90 bits per heavy atom. The van der Waals surface area contributed by atoms with Crippen LogP contribution >= 0.6 is 0 Å². The third kappa shape index (κ3) is 7.58. The fourth-order valence-electron chi connectivity index (χ4n) is 3.89. The Balaban J connectivity index is 1.51. The minimum atomic E-state index is -4.56. The number of anilines is 4. The summed E-state index contributed by atoms with van der Waals surface area (Å²) in [6, 6.07) is 8.75. The molecule has 0 fully saturated rings. The molecule has 5 N–H and O–H groups in total. The SMILES string of the molecule is CN(C)Cc1ccc(C(F)(F)F)cc1NC(=O)NCc1cnc2nc1NCCCNS(=O)(=O)c1cccc(c1)N2. The van der Waals surface area contributed by atoms with Gasteiger partial charge in [-0.2, -0.15) is 18.2 Å². The lowest BCUT2D eigenvalue weighted by molar-refractivity contribution is -0.137. The smallest absolute Gasteiger partial charge is 0.370 e. The van der Waals surface area contributed by atoms with Gasteiger partial charge in [0.25, 0.3) is 0 Å². The van der Waals surface area contributed by atoms with Crippen molar-refractivity contribution in [3.8, 4) is 0 Å². The molecular weight excluding hydrogens is 549 g/mol.